The molecule has 0 bridgehead atoms. The largest absolute Gasteiger partial charge is 0.371 e. The normalized spacial score (nSPS) is 17.5. The fraction of sp³-hybridized carbons (Fsp3) is 0.333. The van der Waals surface area contributed by atoms with Crippen LogP contribution < -0.4 is 5.32 Å². The van der Waals surface area contributed by atoms with E-state index in [1.54, 1.807) is 0 Å². The molecule has 0 unspecified atom stereocenters. The number of hydrogen-bond acceptors (Lipinski definition) is 3. The first-order valence-electron chi connectivity index (χ1n) is 7.02. The first-order valence-corrected chi connectivity index (χ1v) is 7.40. The standard InChI is InChI=1S/C15H14ClF4N3O/c16-14(22-6-8-5-9(17)1-2-11(8)18)10-3-4-23(7-12(19)20)15(24)13(10)21/h1-2,5,12,21-22H,3-4,6-7H2/b14-10-,21-13?. The average molecular weight is 364 g/mol. The van der Waals surface area contributed by atoms with Crippen LogP contribution in [0, 0.1) is 17.0 Å². The van der Waals surface area contributed by atoms with E-state index >= 15 is 0 Å². The zero-order chi connectivity index (χ0) is 17.9. The Hall–Kier alpha value is -2.09. The van der Waals surface area contributed by atoms with E-state index in [-0.39, 0.29) is 35.8 Å². The van der Waals surface area contributed by atoms with Crippen LogP contribution in [-0.2, 0) is 11.3 Å². The van der Waals surface area contributed by atoms with Crippen LogP contribution in [0.2, 0.25) is 0 Å². The minimum atomic E-state index is -2.68. The highest BCUT2D eigenvalue weighted by molar-refractivity contribution is 6.47. The van der Waals surface area contributed by atoms with Gasteiger partial charge in [0.25, 0.3) is 12.3 Å². The third kappa shape index (κ3) is 4.25. The quantitative estimate of drug-likeness (QED) is 0.624. The molecule has 0 atom stereocenters. The fourth-order valence-corrected chi connectivity index (χ4v) is 2.53. The highest BCUT2D eigenvalue weighted by Crippen LogP contribution is 2.21. The molecule has 2 rings (SSSR count). The highest BCUT2D eigenvalue weighted by Gasteiger charge is 2.30. The molecule has 1 saturated heterocycles. The summed E-state index contributed by atoms with van der Waals surface area (Å²) < 4.78 is 51.4. The van der Waals surface area contributed by atoms with Crippen LogP contribution in [0.5, 0.6) is 0 Å². The molecule has 1 aliphatic rings. The van der Waals surface area contributed by atoms with E-state index in [1.165, 1.54) is 0 Å². The van der Waals surface area contributed by atoms with Crippen molar-refractivity contribution in [1.82, 2.24) is 10.2 Å². The molecule has 0 saturated carbocycles. The van der Waals surface area contributed by atoms with Crippen LogP contribution in [0.4, 0.5) is 17.6 Å². The summed E-state index contributed by atoms with van der Waals surface area (Å²) in [4.78, 5) is 12.8. The Labute approximate surface area is 140 Å². The lowest BCUT2D eigenvalue weighted by Crippen LogP contribution is -2.45. The van der Waals surface area contributed by atoms with Gasteiger partial charge in [-0.1, -0.05) is 11.6 Å². The Morgan fingerprint density at radius 3 is 2.75 bits per heavy atom. The van der Waals surface area contributed by atoms with Gasteiger partial charge in [0.15, 0.2) is 0 Å². The Balaban J connectivity index is 2.07. The Kier molecular flexibility index (Phi) is 5.82. The van der Waals surface area contributed by atoms with E-state index in [2.05, 4.69) is 5.32 Å². The number of nitrogens with one attached hydrogen (secondary N) is 2. The number of carbonyl (C=O) groups is 1. The summed E-state index contributed by atoms with van der Waals surface area (Å²) in [6.07, 6.45) is -2.56. The Bertz CT molecular complexity index is 693. The van der Waals surface area contributed by atoms with E-state index in [9.17, 15) is 22.4 Å². The molecule has 1 fully saturated rings. The molecule has 9 heteroatoms. The zero-order valence-corrected chi connectivity index (χ0v) is 13.1. The molecule has 1 aromatic rings. The lowest BCUT2D eigenvalue weighted by molar-refractivity contribution is -0.126. The minimum Gasteiger partial charge on any atom is -0.371 e. The van der Waals surface area contributed by atoms with Gasteiger partial charge in [0.05, 0.1) is 6.54 Å². The smallest absolute Gasteiger partial charge is 0.272 e. The van der Waals surface area contributed by atoms with Gasteiger partial charge in [-0.2, -0.15) is 0 Å². The molecule has 1 heterocycles. The molecule has 0 aliphatic carbocycles. The van der Waals surface area contributed by atoms with Crippen LogP contribution in [0.15, 0.2) is 28.9 Å². The summed E-state index contributed by atoms with van der Waals surface area (Å²) in [5.74, 6) is -2.08. The van der Waals surface area contributed by atoms with Crippen molar-refractivity contribution in [3.05, 3.63) is 46.1 Å². The first kappa shape index (κ1) is 18.3. The maximum atomic E-state index is 13.5. The van der Waals surface area contributed by atoms with Crippen molar-refractivity contribution in [2.75, 3.05) is 13.1 Å². The molecular formula is C15H14ClF4N3O. The van der Waals surface area contributed by atoms with Gasteiger partial charge in [0.2, 0.25) is 0 Å². The van der Waals surface area contributed by atoms with E-state index < -0.39 is 36.2 Å². The number of nitrogens with zero attached hydrogens (tertiary/aromatic N) is 1. The van der Waals surface area contributed by atoms with Crippen molar-refractivity contribution in [3.8, 4) is 0 Å². The molecule has 0 radical (unpaired) electrons. The summed E-state index contributed by atoms with van der Waals surface area (Å²) in [6.45, 7) is -0.880. The number of rotatable bonds is 5. The second-order valence-electron chi connectivity index (χ2n) is 5.15. The number of amides is 1. The average Bonchev–Trinajstić information content (AvgIpc) is 2.52. The zero-order valence-electron chi connectivity index (χ0n) is 12.4. The lowest BCUT2D eigenvalue weighted by atomic mass is 10.0. The van der Waals surface area contributed by atoms with Crippen LogP contribution >= 0.6 is 11.6 Å². The molecule has 1 amide bonds. The molecule has 2 N–H and O–H groups in total. The molecule has 0 spiro atoms. The summed E-state index contributed by atoms with van der Waals surface area (Å²) >= 11 is 6.01. The predicted molar refractivity (Wildman–Crippen MR) is 81.0 cm³/mol. The van der Waals surface area contributed by atoms with Gasteiger partial charge in [-0.25, -0.2) is 17.6 Å². The lowest BCUT2D eigenvalue weighted by Gasteiger charge is -2.29. The summed E-state index contributed by atoms with van der Waals surface area (Å²) in [5, 5.41) is 10.3. The topological polar surface area (TPSA) is 56.2 Å². The van der Waals surface area contributed by atoms with Crippen molar-refractivity contribution in [2.45, 2.75) is 19.4 Å². The number of piperidine rings is 1. The molecule has 24 heavy (non-hydrogen) atoms. The fourth-order valence-electron chi connectivity index (χ4n) is 2.28. The summed E-state index contributed by atoms with van der Waals surface area (Å²) in [5.41, 5.74) is -0.301. The van der Waals surface area contributed by atoms with Crippen LogP contribution in [-0.4, -0.2) is 36.0 Å². The molecule has 0 aromatic heterocycles. The summed E-state index contributed by atoms with van der Waals surface area (Å²) in [6, 6.07) is 2.95. The number of carbonyl (C=O) groups excluding carboxylic acids is 1. The van der Waals surface area contributed by atoms with E-state index in [1.807, 2.05) is 0 Å². The van der Waals surface area contributed by atoms with Crippen LogP contribution in [0.25, 0.3) is 0 Å². The van der Waals surface area contributed by atoms with Gasteiger partial charge in [-0.05, 0) is 24.6 Å². The first-order chi connectivity index (χ1) is 11.3. The second kappa shape index (κ2) is 7.65. The van der Waals surface area contributed by atoms with Gasteiger partial charge in [-0.15, -0.1) is 0 Å². The number of likely N-dealkylation sites (tertiary alicyclic amines) is 1. The van der Waals surface area contributed by atoms with E-state index in [0.29, 0.717) is 0 Å². The van der Waals surface area contributed by atoms with Crippen molar-refractivity contribution >= 4 is 23.2 Å². The third-order valence-electron chi connectivity index (χ3n) is 3.50. The van der Waals surface area contributed by atoms with Crippen molar-refractivity contribution < 1.29 is 22.4 Å². The number of benzene rings is 1. The van der Waals surface area contributed by atoms with E-state index in [4.69, 9.17) is 17.0 Å². The highest BCUT2D eigenvalue weighted by atomic mass is 35.5. The van der Waals surface area contributed by atoms with Crippen LogP contribution in [0.3, 0.4) is 0 Å². The van der Waals surface area contributed by atoms with Gasteiger partial charge in [0.1, 0.15) is 22.5 Å². The maximum absolute atomic E-state index is 13.5. The maximum Gasteiger partial charge on any atom is 0.272 e. The minimum absolute atomic E-state index is 0.00706. The monoisotopic (exact) mass is 363 g/mol. The van der Waals surface area contributed by atoms with E-state index in [0.717, 1.165) is 23.1 Å². The van der Waals surface area contributed by atoms with Gasteiger partial charge < -0.3 is 10.2 Å². The van der Waals surface area contributed by atoms with Crippen molar-refractivity contribution in [3.63, 3.8) is 0 Å². The van der Waals surface area contributed by atoms with Crippen molar-refractivity contribution in [1.29, 1.82) is 5.41 Å². The molecule has 1 aromatic carbocycles. The number of alkyl halides is 2. The number of hydrogen-bond donors (Lipinski definition) is 2. The predicted octanol–water partition coefficient (Wildman–Crippen LogP) is 3.02. The Morgan fingerprint density at radius 1 is 1.38 bits per heavy atom. The van der Waals surface area contributed by atoms with Crippen LogP contribution in [0.1, 0.15) is 12.0 Å². The molecular weight excluding hydrogens is 350 g/mol. The molecule has 1 aliphatic heterocycles. The number of halogens is 5. The van der Waals surface area contributed by atoms with Gasteiger partial charge in [0, 0.05) is 24.2 Å². The van der Waals surface area contributed by atoms with Gasteiger partial charge >= 0.3 is 0 Å². The van der Waals surface area contributed by atoms with Gasteiger partial charge in [-0.3, -0.25) is 10.2 Å². The molecule has 130 valence electrons. The summed E-state index contributed by atoms with van der Waals surface area (Å²) in [7, 11) is 0. The second-order valence-corrected chi connectivity index (χ2v) is 5.53. The third-order valence-corrected chi connectivity index (χ3v) is 3.86. The van der Waals surface area contributed by atoms with Crippen molar-refractivity contribution in [2.24, 2.45) is 0 Å². The SMILES string of the molecule is N=C1C(=O)N(CC(F)F)CC/C1=C(\Cl)NCc1cc(F)ccc1F. The Morgan fingerprint density at radius 2 is 2.08 bits per heavy atom. The molecule has 4 nitrogen and oxygen atoms in total.